The standard InChI is InChI=1S/C19H30N2O3/c1-2-24-16-12-15(19(16)9-3-4-10-19)20-17(22)14-6-5-11-21(14)18(23)13-7-8-13/h13-16H,2-12H2,1H3,(H,20,22)/t14-,15-,16-/m1/s1. The van der Waals surface area contributed by atoms with E-state index in [0.29, 0.717) is 6.10 Å². The van der Waals surface area contributed by atoms with E-state index in [0.717, 1.165) is 58.1 Å². The van der Waals surface area contributed by atoms with Crippen LogP contribution < -0.4 is 5.32 Å². The fraction of sp³-hybridized carbons (Fsp3) is 0.895. The first kappa shape index (κ1) is 16.4. The molecule has 4 aliphatic rings. The molecule has 5 heteroatoms. The molecular weight excluding hydrogens is 304 g/mol. The molecule has 0 aromatic rings. The largest absolute Gasteiger partial charge is 0.378 e. The second-order valence-corrected chi connectivity index (χ2v) is 8.15. The van der Waals surface area contributed by atoms with Gasteiger partial charge >= 0.3 is 0 Å². The van der Waals surface area contributed by atoms with Crippen molar-refractivity contribution in [2.24, 2.45) is 11.3 Å². The van der Waals surface area contributed by atoms with Crippen LogP contribution in [0.3, 0.4) is 0 Å². The first-order valence-electron chi connectivity index (χ1n) is 9.88. The van der Waals surface area contributed by atoms with Gasteiger partial charge < -0.3 is 15.0 Å². The number of nitrogens with zero attached hydrogens (tertiary/aromatic N) is 1. The summed E-state index contributed by atoms with van der Waals surface area (Å²) in [6, 6.07) is 0.00484. The van der Waals surface area contributed by atoms with Crippen LogP contribution in [0.15, 0.2) is 0 Å². The lowest BCUT2D eigenvalue weighted by Gasteiger charge is -2.54. The van der Waals surface area contributed by atoms with Gasteiger partial charge in [0.15, 0.2) is 0 Å². The van der Waals surface area contributed by atoms with Gasteiger partial charge in [-0.25, -0.2) is 0 Å². The third-order valence-corrected chi connectivity index (χ3v) is 6.77. The predicted octanol–water partition coefficient (Wildman–Crippen LogP) is 2.24. The van der Waals surface area contributed by atoms with E-state index in [2.05, 4.69) is 12.2 Å². The number of nitrogens with one attached hydrogen (secondary N) is 1. The van der Waals surface area contributed by atoms with E-state index in [1.54, 1.807) is 0 Å². The Morgan fingerprint density at radius 3 is 2.58 bits per heavy atom. The van der Waals surface area contributed by atoms with Gasteiger partial charge in [-0.2, -0.15) is 0 Å². The maximum Gasteiger partial charge on any atom is 0.243 e. The van der Waals surface area contributed by atoms with E-state index < -0.39 is 0 Å². The van der Waals surface area contributed by atoms with E-state index in [1.807, 2.05) is 4.90 Å². The van der Waals surface area contributed by atoms with E-state index in [4.69, 9.17) is 4.74 Å². The number of hydrogen-bond donors (Lipinski definition) is 1. The Hall–Kier alpha value is -1.10. The lowest BCUT2D eigenvalue weighted by molar-refractivity contribution is -0.150. The molecule has 0 unspecified atom stereocenters. The monoisotopic (exact) mass is 334 g/mol. The normalized spacial score (nSPS) is 34.4. The molecule has 1 spiro atoms. The molecule has 2 amide bonds. The summed E-state index contributed by atoms with van der Waals surface area (Å²) in [6.07, 6.45) is 9.84. The fourth-order valence-corrected chi connectivity index (χ4v) is 5.22. The van der Waals surface area contributed by atoms with Gasteiger partial charge in [0, 0.05) is 30.5 Å². The first-order valence-corrected chi connectivity index (χ1v) is 9.88. The van der Waals surface area contributed by atoms with Crippen LogP contribution in [0.4, 0.5) is 0 Å². The van der Waals surface area contributed by atoms with Crippen molar-refractivity contribution >= 4 is 11.8 Å². The average Bonchev–Trinajstić information content (AvgIpc) is 3.10. The number of amides is 2. The lowest BCUT2D eigenvalue weighted by Crippen LogP contribution is -2.65. The summed E-state index contributed by atoms with van der Waals surface area (Å²) in [5.74, 6) is 0.488. The zero-order chi connectivity index (χ0) is 16.7. The van der Waals surface area contributed by atoms with Crippen LogP contribution in [0.2, 0.25) is 0 Å². The Labute approximate surface area is 144 Å². The Morgan fingerprint density at radius 2 is 1.92 bits per heavy atom. The van der Waals surface area contributed by atoms with E-state index in [-0.39, 0.29) is 35.2 Å². The van der Waals surface area contributed by atoms with Crippen LogP contribution in [-0.2, 0) is 14.3 Å². The van der Waals surface area contributed by atoms with E-state index in [1.165, 1.54) is 12.8 Å². The van der Waals surface area contributed by atoms with E-state index in [9.17, 15) is 9.59 Å². The fourth-order valence-electron chi connectivity index (χ4n) is 5.22. The van der Waals surface area contributed by atoms with Gasteiger partial charge in [-0.05, 0) is 51.9 Å². The third kappa shape index (κ3) is 2.65. The third-order valence-electron chi connectivity index (χ3n) is 6.77. The molecule has 1 heterocycles. The van der Waals surface area contributed by atoms with Crippen molar-refractivity contribution in [2.75, 3.05) is 13.2 Å². The van der Waals surface area contributed by atoms with Crippen molar-refractivity contribution in [2.45, 2.75) is 82.9 Å². The molecule has 0 bridgehead atoms. The summed E-state index contributed by atoms with van der Waals surface area (Å²) in [5, 5.41) is 3.31. The lowest BCUT2D eigenvalue weighted by atomic mass is 9.60. The molecule has 0 aromatic heterocycles. The first-order chi connectivity index (χ1) is 11.7. The molecule has 4 rings (SSSR count). The second-order valence-electron chi connectivity index (χ2n) is 8.15. The molecule has 24 heavy (non-hydrogen) atoms. The quantitative estimate of drug-likeness (QED) is 0.839. The van der Waals surface area contributed by atoms with Crippen LogP contribution in [0.1, 0.15) is 64.7 Å². The Morgan fingerprint density at radius 1 is 1.17 bits per heavy atom. The van der Waals surface area contributed by atoms with Crippen molar-refractivity contribution in [3.8, 4) is 0 Å². The van der Waals surface area contributed by atoms with Gasteiger partial charge in [-0.3, -0.25) is 9.59 Å². The average molecular weight is 334 g/mol. The minimum atomic E-state index is -0.234. The van der Waals surface area contributed by atoms with Crippen LogP contribution in [0, 0.1) is 11.3 Å². The second kappa shape index (κ2) is 6.32. The SMILES string of the molecule is CCO[C@@H]1C[C@@H](NC(=O)[C@H]2CCCN2C(=O)C2CC2)C12CCCC2. The molecule has 3 saturated carbocycles. The number of carbonyl (C=O) groups excluding carboxylic acids is 2. The molecule has 1 aliphatic heterocycles. The highest BCUT2D eigenvalue weighted by Crippen LogP contribution is 2.54. The van der Waals surface area contributed by atoms with Crippen molar-refractivity contribution in [3.63, 3.8) is 0 Å². The summed E-state index contributed by atoms with van der Waals surface area (Å²) < 4.78 is 5.94. The molecule has 4 fully saturated rings. The zero-order valence-corrected chi connectivity index (χ0v) is 14.8. The molecule has 0 radical (unpaired) electrons. The van der Waals surface area contributed by atoms with Gasteiger partial charge in [-0.15, -0.1) is 0 Å². The van der Waals surface area contributed by atoms with Crippen molar-refractivity contribution in [3.05, 3.63) is 0 Å². The highest BCUT2D eigenvalue weighted by atomic mass is 16.5. The van der Waals surface area contributed by atoms with Crippen LogP contribution >= 0.6 is 0 Å². The molecule has 0 aromatic carbocycles. The Bertz CT molecular complexity index is 511. The predicted molar refractivity (Wildman–Crippen MR) is 90.3 cm³/mol. The number of carbonyl (C=O) groups is 2. The topological polar surface area (TPSA) is 58.6 Å². The number of rotatable bonds is 5. The number of hydrogen-bond acceptors (Lipinski definition) is 3. The molecule has 134 valence electrons. The highest BCUT2D eigenvalue weighted by Gasteiger charge is 2.57. The van der Waals surface area contributed by atoms with Gasteiger partial charge in [0.25, 0.3) is 0 Å². The molecule has 1 saturated heterocycles. The Balaban J connectivity index is 1.39. The van der Waals surface area contributed by atoms with Crippen molar-refractivity contribution in [1.29, 1.82) is 0 Å². The summed E-state index contributed by atoms with van der Waals surface area (Å²) in [7, 11) is 0. The van der Waals surface area contributed by atoms with Crippen molar-refractivity contribution in [1.82, 2.24) is 10.2 Å². The van der Waals surface area contributed by atoms with Crippen LogP contribution in [0.25, 0.3) is 0 Å². The molecule has 5 nitrogen and oxygen atoms in total. The number of ether oxygens (including phenoxy) is 1. The maximum absolute atomic E-state index is 12.9. The molecular formula is C19H30N2O3. The molecule has 3 aliphatic carbocycles. The van der Waals surface area contributed by atoms with Crippen LogP contribution in [0.5, 0.6) is 0 Å². The van der Waals surface area contributed by atoms with Crippen LogP contribution in [-0.4, -0.2) is 48.1 Å². The zero-order valence-electron chi connectivity index (χ0n) is 14.8. The minimum absolute atomic E-state index is 0.0766. The van der Waals surface area contributed by atoms with Gasteiger partial charge in [0.1, 0.15) is 6.04 Å². The highest BCUT2D eigenvalue weighted by molar-refractivity contribution is 5.90. The Kier molecular flexibility index (Phi) is 4.31. The molecule has 1 N–H and O–H groups in total. The maximum atomic E-state index is 12.9. The minimum Gasteiger partial charge on any atom is -0.378 e. The van der Waals surface area contributed by atoms with Gasteiger partial charge in [-0.1, -0.05) is 12.8 Å². The summed E-state index contributed by atoms with van der Waals surface area (Å²) >= 11 is 0. The summed E-state index contributed by atoms with van der Waals surface area (Å²) in [4.78, 5) is 27.1. The smallest absolute Gasteiger partial charge is 0.243 e. The van der Waals surface area contributed by atoms with Gasteiger partial charge in [0.2, 0.25) is 11.8 Å². The van der Waals surface area contributed by atoms with E-state index >= 15 is 0 Å². The summed E-state index contributed by atoms with van der Waals surface area (Å²) in [6.45, 7) is 3.55. The van der Waals surface area contributed by atoms with Crippen molar-refractivity contribution < 1.29 is 14.3 Å². The summed E-state index contributed by atoms with van der Waals surface area (Å²) in [5.41, 5.74) is 0.162. The van der Waals surface area contributed by atoms with Gasteiger partial charge in [0.05, 0.1) is 6.10 Å². The molecule has 3 atom stereocenters. The number of likely N-dealkylation sites (tertiary alicyclic amines) is 1.